The van der Waals surface area contributed by atoms with Crippen LogP contribution >= 0.6 is 12.4 Å². The van der Waals surface area contributed by atoms with Crippen molar-refractivity contribution < 1.29 is 9.18 Å². The summed E-state index contributed by atoms with van der Waals surface area (Å²) >= 11 is 0. The smallest absolute Gasteiger partial charge is 0.173 e. The van der Waals surface area contributed by atoms with E-state index in [0.717, 1.165) is 0 Å². The Hall–Kier alpha value is -0.150. The molecule has 0 fully saturated rings. The van der Waals surface area contributed by atoms with Gasteiger partial charge in [-0.2, -0.15) is 0 Å². The maximum atomic E-state index is 13.2. The fourth-order valence-electron chi connectivity index (χ4n) is 0.873. The summed E-state index contributed by atoms with van der Waals surface area (Å²) in [5.41, 5.74) is -0.574. The van der Waals surface area contributed by atoms with E-state index in [1.165, 1.54) is 0 Å². The lowest BCUT2D eigenvalue weighted by molar-refractivity contribution is -0.131. The highest BCUT2D eigenvalue weighted by molar-refractivity contribution is 5.87. The van der Waals surface area contributed by atoms with Gasteiger partial charge in [-0.3, -0.25) is 4.79 Å². The first-order valence-electron chi connectivity index (χ1n) is 4.08. The molecule has 0 spiro atoms. The normalized spacial score (nSPS) is 13.8. The first-order valence-corrected chi connectivity index (χ1v) is 4.08. The minimum absolute atomic E-state index is 0. The van der Waals surface area contributed by atoms with E-state index >= 15 is 0 Å². The third kappa shape index (κ3) is 5.99. The average molecular weight is 212 g/mol. The van der Waals surface area contributed by atoms with Crippen LogP contribution in [0.4, 0.5) is 4.39 Å². The second-order valence-corrected chi connectivity index (χ2v) is 4.34. The Morgan fingerprint density at radius 2 is 1.77 bits per heavy atom. The van der Waals surface area contributed by atoms with Gasteiger partial charge < -0.3 is 4.90 Å². The maximum Gasteiger partial charge on any atom is 0.173 e. The van der Waals surface area contributed by atoms with E-state index in [0.29, 0.717) is 0 Å². The molecule has 1 unspecified atom stereocenters. The molecule has 1 atom stereocenters. The number of hydrogen-bond donors (Lipinski definition) is 0. The van der Waals surface area contributed by atoms with E-state index in [1.807, 2.05) is 0 Å². The second-order valence-electron chi connectivity index (χ2n) is 4.34. The van der Waals surface area contributed by atoms with E-state index in [9.17, 15) is 9.18 Å². The third-order valence-corrected chi connectivity index (χ3v) is 1.55. The van der Waals surface area contributed by atoms with Gasteiger partial charge in [-0.25, -0.2) is 4.39 Å². The molecule has 0 aliphatic heterocycles. The molecule has 0 aromatic carbocycles. The number of hydrogen-bond acceptors (Lipinski definition) is 2. The molecular weight excluding hydrogens is 193 g/mol. The van der Waals surface area contributed by atoms with Crippen molar-refractivity contribution in [3.05, 3.63) is 0 Å². The Morgan fingerprint density at radius 1 is 1.38 bits per heavy atom. The fourth-order valence-corrected chi connectivity index (χ4v) is 0.873. The highest BCUT2D eigenvalue weighted by atomic mass is 35.5. The summed E-state index contributed by atoms with van der Waals surface area (Å²) in [5, 5.41) is 0. The van der Waals surface area contributed by atoms with Crippen LogP contribution < -0.4 is 0 Å². The second kappa shape index (κ2) is 5.55. The largest absolute Gasteiger partial charge is 0.306 e. The van der Waals surface area contributed by atoms with Gasteiger partial charge >= 0.3 is 0 Å². The maximum absolute atomic E-state index is 13.2. The van der Waals surface area contributed by atoms with E-state index in [2.05, 4.69) is 0 Å². The molecule has 0 aliphatic carbocycles. The molecule has 0 radical (unpaired) electrons. The van der Waals surface area contributed by atoms with Crippen molar-refractivity contribution in [3.8, 4) is 0 Å². The molecule has 0 saturated carbocycles. The number of nitrogens with zero attached hydrogens (tertiary/aromatic N) is 1. The Labute approximate surface area is 85.9 Å². The van der Waals surface area contributed by atoms with Gasteiger partial charge in [0, 0.05) is 12.0 Å². The molecule has 0 rings (SSSR count). The van der Waals surface area contributed by atoms with Crippen molar-refractivity contribution in [1.82, 2.24) is 4.90 Å². The Balaban J connectivity index is 0. The molecule has 0 N–H and O–H groups in total. The minimum atomic E-state index is -1.36. The average Bonchev–Trinajstić information content (AvgIpc) is 1.82. The van der Waals surface area contributed by atoms with Crippen LogP contribution in [0, 0.1) is 5.41 Å². The highest BCUT2D eigenvalue weighted by Gasteiger charge is 2.29. The van der Waals surface area contributed by atoms with Gasteiger partial charge in [-0.15, -0.1) is 12.4 Å². The molecule has 80 valence electrons. The van der Waals surface area contributed by atoms with E-state index in [-0.39, 0.29) is 24.7 Å². The van der Waals surface area contributed by atoms with Crippen molar-refractivity contribution in [3.63, 3.8) is 0 Å². The number of ketones is 1. The molecule has 4 heteroatoms. The quantitative estimate of drug-likeness (QED) is 0.711. The van der Waals surface area contributed by atoms with Crippen molar-refractivity contribution in [2.24, 2.45) is 5.41 Å². The zero-order valence-corrected chi connectivity index (χ0v) is 9.74. The summed E-state index contributed by atoms with van der Waals surface area (Å²) < 4.78 is 13.2. The SMILES string of the molecule is CN(C)CC(F)C(=O)C(C)(C)C.Cl. The highest BCUT2D eigenvalue weighted by Crippen LogP contribution is 2.18. The van der Waals surface area contributed by atoms with Gasteiger partial charge in [0.1, 0.15) is 0 Å². The van der Waals surface area contributed by atoms with Crippen molar-refractivity contribution in [2.75, 3.05) is 20.6 Å². The summed E-state index contributed by atoms with van der Waals surface area (Å²) in [4.78, 5) is 13.0. The summed E-state index contributed by atoms with van der Waals surface area (Å²) in [5.74, 6) is -0.323. The van der Waals surface area contributed by atoms with Crippen LogP contribution in [-0.4, -0.2) is 37.5 Å². The molecule has 0 heterocycles. The van der Waals surface area contributed by atoms with E-state index in [1.54, 1.807) is 39.8 Å². The van der Waals surface area contributed by atoms with Crippen LogP contribution in [0.5, 0.6) is 0 Å². The standard InChI is InChI=1S/C9H18FNO.ClH/c1-9(2,3)8(12)7(10)6-11(4)5;/h7H,6H2,1-5H3;1H. The minimum Gasteiger partial charge on any atom is -0.306 e. The van der Waals surface area contributed by atoms with Gasteiger partial charge in [0.2, 0.25) is 0 Å². The Morgan fingerprint density at radius 3 is 2.00 bits per heavy atom. The van der Waals surface area contributed by atoms with Crippen molar-refractivity contribution in [2.45, 2.75) is 26.9 Å². The third-order valence-electron chi connectivity index (χ3n) is 1.55. The molecule has 2 nitrogen and oxygen atoms in total. The number of carbonyl (C=O) groups excluding carboxylic acids is 1. The van der Waals surface area contributed by atoms with Crippen LogP contribution in [0.1, 0.15) is 20.8 Å². The zero-order chi connectivity index (χ0) is 9.94. The predicted octanol–water partition coefficient (Wildman–Crippen LogP) is 1.92. The molecule has 13 heavy (non-hydrogen) atoms. The first kappa shape index (κ1) is 15.3. The summed E-state index contributed by atoms with van der Waals surface area (Å²) in [6.45, 7) is 5.38. The van der Waals surface area contributed by atoms with Crippen molar-refractivity contribution in [1.29, 1.82) is 0 Å². The summed E-state index contributed by atoms with van der Waals surface area (Å²) in [6.07, 6.45) is -1.36. The van der Waals surface area contributed by atoms with Crippen LogP contribution in [0.2, 0.25) is 0 Å². The van der Waals surface area contributed by atoms with Gasteiger partial charge in [0.25, 0.3) is 0 Å². The van der Waals surface area contributed by atoms with E-state index < -0.39 is 11.6 Å². The van der Waals surface area contributed by atoms with Crippen LogP contribution in [0.3, 0.4) is 0 Å². The predicted molar refractivity (Wildman–Crippen MR) is 55.2 cm³/mol. The van der Waals surface area contributed by atoms with Gasteiger partial charge in [0.05, 0.1) is 0 Å². The van der Waals surface area contributed by atoms with Crippen LogP contribution in [0.25, 0.3) is 0 Å². The first-order chi connectivity index (χ1) is 5.25. The summed E-state index contributed by atoms with van der Waals surface area (Å²) in [7, 11) is 3.50. The van der Waals surface area contributed by atoms with Gasteiger partial charge in [0.15, 0.2) is 12.0 Å². The molecule has 0 aliphatic rings. The molecule has 0 bridgehead atoms. The van der Waals surface area contributed by atoms with Crippen LogP contribution in [-0.2, 0) is 4.79 Å². The lowest BCUT2D eigenvalue weighted by atomic mass is 9.88. The van der Waals surface area contributed by atoms with Gasteiger partial charge in [-0.1, -0.05) is 20.8 Å². The molecule has 0 amide bonds. The Kier molecular flexibility index (Phi) is 6.55. The zero-order valence-electron chi connectivity index (χ0n) is 8.93. The molecule has 0 aromatic heterocycles. The van der Waals surface area contributed by atoms with Gasteiger partial charge in [-0.05, 0) is 14.1 Å². The fraction of sp³-hybridized carbons (Fsp3) is 0.889. The number of Topliss-reactive ketones (excluding diaryl/α,β-unsaturated/α-hetero) is 1. The molecule has 0 aromatic rings. The Bertz CT molecular complexity index is 165. The lowest BCUT2D eigenvalue weighted by Gasteiger charge is -2.21. The number of alkyl halides is 1. The van der Waals surface area contributed by atoms with Crippen molar-refractivity contribution >= 4 is 18.2 Å². The number of rotatable bonds is 3. The monoisotopic (exact) mass is 211 g/mol. The summed E-state index contributed by atoms with van der Waals surface area (Å²) in [6, 6.07) is 0. The molecular formula is C9H19ClFNO. The number of halogens is 2. The lowest BCUT2D eigenvalue weighted by Crippen LogP contribution is -2.36. The topological polar surface area (TPSA) is 20.3 Å². The van der Waals surface area contributed by atoms with E-state index in [4.69, 9.17) is 0 Å². The molecule has 0 saturated heterocycles. The van der Waals surface area contributed by atoms with Crippen LogP contribution in [0.15, 0.2) is 0 Å². The number of carbonyl (C=O) groups is 1.